The first-order chi connectivity index (χ1) is 16.4. The fourth-order valence-corrected chi connectivity index (χ4v) is 6.22. The SMILES string of the molecule is CCCCN1CC=C[C@]23O[C@@]4(CC)/C=C\CCCOC(=O)[C@H]4[C@H]2C(=O)N([C@@H](CC)CO)C3C1=O. The Morgan fingerprint density at radius 3 is 2.59 bits per heavy atom. The van der Waals surface area contributed by atoms with Gasteiger partial charge in [0.2, 0.25) is 11.8 Å². The fourth-order valence-electron chi connectivity index (χ4n) is 6.22. The highest BCUT2D eigenvalue weighted by molar-refractivity contribution is 5.99. The number of carbonyl (C=O) groups is 3. The lowest BCUT2D eigenvalue weighted by molar-refractivity contribution is -0.163. The predicted octanol–water partition coefficient (Wildman–Crippen LogP) is 2.21. The molecule has 0 radical (unpaired) electrons. The van der Waals surface area contributed by atoms with Gasteiger partial charge in [-0.25, -0.2) is 0 Å². The molecular weight excluding hydrogens is 436 g/mol. The summed E-state index contributed by atoms with van der Waals surface area (Å²) in [5, 5.41) is 10.1. The maximum Gasteiger partial charge on any atom is 0.313 e. The van der Waals surface area contributed by atoms with Crippen LogP contribution in [-0.4, -0.2) is 82.3 Å². The van der Waals surface area contributed by atoms with E-state index in [0.29, 0.717) is 32.4 Å². The second-order valence-corrected chi connectivity index (χ2v) is 9.86. The van der Waals surface area contributed by atoms with Crippen molar-refractivity contribution in [3.05, 3.63) is 24.3 Å². The van der Waals surface area contributed by atoms with E-state index in [1.54, 1.807) is 4.90 Å². The number of aliphatic hydroxyl groups excluding tert-OH is 1. The van der Waals surface area contributed by atoms with Gasteiger partial charge in [-0.2, -0.15) is 0 Å². The largest absolute Gasteiger partial charge is 0.465 e. The molecule has 4 aliphatic rings. The normalized spacial score (nSPS) is 37.2. The van der Waals surface area contributed by atoms with Crippen LogP contribution < -0.4 is 0 Å². The van der Waals surface area contributed by atoms with Gasteiger partial charge in [0.15, 0.2) is 0 Å². The molecule has 4 rings (SSSR count). The summed E-state index contributed by atoms with van der Waals surface area (Å²) in [5.74, 6) is -2.70. The van der Waals surface area contributed by atoms with Crippen LogP contribution in [0.4, 0.5) is 0 Å². The molecule has 2 saturated heterocycles. The number of ether oxygens (including phenoxy) is 2. The predicted molar refractivity (Wildman–Crippen MR) is 126 cm³/mol. The minimum absolute atomic E-state index is 0.184. The highest BCUT2D eigenvalue weighted by atomic mass is 16.6. The maximum atomic E-state index is 14.1. The Morgan fingerprint density at radius 2 is 1.91 bits per heavy atom. The number of hydrogen-bond donors (Lipinski definition) is 1. The van der Waals surface area contributed by atoms with Crippen molar-refractivity contribution in [3.8, 4) is 0 Å². The van der Waals surface area contributed by atoms with Gasteiger partial charge in [-0.1, -0.05) is 51.5 Å². The first-order valence-corrected chi connectivity index (χ1v) is 12.8. The molecule has 0 bridgehead atoms. The van der Waals surface area contributed by atoms with Crippen LogP contribution in [0, 0.1) is 11.8 Å². The number of fused-ring (bicyclic) bond motifs is 2. The Kier molecular flexibility index (Phi) is 7.20. The number of nitrogens with zero attached hydrogens (tertiary/aromatic N) is 2. The van der Waals surface area contributed by atoms with Gasteiger partial charge < -0.3 is 24.4 Å². The molecule has 0 aromatic carbocycles. The van der Waals surface area contributed by atoms with Crippen molar-refractivity contribution in [1.82, 2.24) is 9.80 Å². The van der Waals surface area contributed by atoms with Crippen molar-refractivity contribution in [3.63, 3.8) is 0 Å². The molecule has 34 heavy (non-hydrogen) atoms. The van der Waals surface area contributed by atoms with E-state index in [2.05, 4.69) is 6.92 Å². The second-order valence-electron chi connectivity index (χ2n) is 9.86. The first kappa shape index (κ1) is 24.9. The fraction of sp³-hybridized carbons (Fsp3) is 0.731. The molecule has 0 saturated carbocycles. The lowest BCUT2D eigenvalue weighted by Crippen LogP contribution is -2.58. The highest BCUT2D eigenvalue weighted by Gasteiger charge is 2.75. The molecule has 2 fully saturated rings. The highest BCUT2D eigenvalue weighted by Crippen LogP contribution is 2.58. The average Bonchev–Trinajstić information content (AvgIpc) is 3.22. The third-order valence-electron chi connectivity index (χ3n) is 8.01. The molecule has 8 heteroatoms. The number of hydrogen-bond acceptors (Lipinski definition) is 6. The molecule has 8 nitrogen and oxygen atoms in total. The molecule has 0 aromatic rings. The minimum atomic E-state index is -1.29. The number of esters is 1. The molecule has 2 amide bonds. The number of likely N-dealkylation sites (tertiary alicyclic amines) is 1. The lowest BCUT2D eigenvalue weighted by atomic mass is 9.73. The lowest BCUT2D eigenvalue weighted by Gasteiger charge is -2.40. The second kappa shape index (κ2) is 9.82. The Hall–Kier alpha value is -2.19. The van der Waals surface area contributed by atoms with Crippen LogP contribution in [0.1, 0.15) is 59.3 Å². The Labute approximate surface area is 201 Å². The summed E-state index contributed by atoms with van der Waals surface area (Å²) in [5.41, 5.74) is -2.32. The van der Waals surface area contributed by atoms with E-state index in [4.69, 9.17) is 9.47 Å². The van der Waals surface area contributed by atoms with Crippen LogP contribution in [0.15, 0.2) is 24.3 Å². The van der Waals surface area contributed by atoms with Gasteiger partial charge in [0.1, 0.15) is 23.2 Å². The van der Waals surface area contributed by atoms with Crippen LogP contribution in [0.3, 0.4) is 0 Å². The van der Waals surface area contributed by atoms with Crippen LogP contribution in [0.5, 0.6) is 0 Å². The standard InChI is InChI=1S/C26H38N2O6/c1-4-7-14-27-15-11-13-26-19(22(30)28(18(5-2)17-29)21(26)23(27)31)20-24(32)33-16-10-8-9-12-25(20,6-3)34-26/h9,11-13,18-21,29H,4-8,10,14-17H2,1-3H3/b12-9-/t18-,19-,20+,21?,25-,26-/m0/s1. The molecular formula is C26H38N2O6. The van der Waals surface area contributed by atoms with Gasteiger partial charge in [-0.3, -0.25) is 14.4 Å². The Morgan fingerprint density at radius 1 is 1.12 bits per heavy atom. The van der Waals surface area contributed by atoms with E-state index in [1.807, 2.05) is 38.2 Å². The average molecular weight is 475 g/mol. The summed E-state index contributed by atoms with van der Waals surface area (Å²) in [7, 11) is 0. The summed E-state index contributed by atoms with van der Waals surface area (Å²) in [4.78, 5) is 44.9. The van der Waals surface area contributed by atoms with E-state index < -0.39 is 41.1 Å². The van der Waals surface area contributed by atoms with E-state index in [0.717, 1.165) is 19.3 Å². The van der Waals surface area contributed by atoms with Crippen LogP contribution in [-0.2, 0) is 23.9 Å². The van der Waals surface area contributed by atoms with Crippen molar-refractivity contribution in [2.45, 2.75) is 82.6 Å². The molecule has 0 aliphatic carbocycles. The van der Waals surface area contributed by atoms with E-state index >= 15 is 0 Å². The van der Waals surface area contributed by atoms with E-state index in [9.17, 15) is 19.5 Å². The third kappa shape index (κ3) is 3.70. The van der Waals surface area contributed by atoms with Crippen molar-refractivity contribution in [2.75, 3.05) is 26.3 Å². The number of allylic oxidation sites excluding steroid dienone is 1. The maximum absolute atomic E-state index is 14.1. The van der Waals surface area contributed by atoms with Gasteiger partial charge in [0, 0.05) is 13.1 Å². The molecule has 188 valence electrons. The molecule has 0 aromatic heterocycles. The zero-order chi connectivity index (χ0) is 24.5. The molecule has 4 heterocycles. The number of unbranched alkanes of at least 4 members (excludes halogenated alkanes) is 1. The number of aliphatic hydroxyl groups is 1. The number of rotatable bonds is 7. The minimum Gasteiger partial charge on any atom is -0.465 e. The zero-order valence-corrected chi connectivity index (χ0v) is 20.6. The summed E-state index contributed by atoms with van der Waals surface area (Å²) in [6.07, 6.45) is 11.9. The van der Waals surface area contributed by atoms with Crippen LogP contribution in [0.2, 0.25) is 0 Å². The van der Waals surface area contributed by atoms with Crippen molar-refractivity contribution < 1.29 is 29.0 Å². The zero-order valence-electron chi connectivity index (χ0n) is 20.6. The summed E-state index contributed by atoms with van der Waals surface area (Å²) >= 11 is 0. The van der Waals surface area contributed by atoms with Crippen molar-refractivity contribution >= 4 is 17.8 Å². The van der Waals surface area contributed by atoms with Crippen molar-refractivity contribution in [2.24, 2.45) is 11.8 Å². The Bertz CT molecular complexity index is 867. The quantitative estimate of drug-likeness (QED) is 0.449. The van der Waals surface area contributed by atoms with Gasteiger partial charge in [0.25, 0.3) is 0 Å². The molecule has 6 atom stereocenters. The van der Waals surface area contributed by atoms with Gasteiger partial charge >= 0.3 is 5.97 Å². The van der Waals surface area contributed by atoms with Crippen LogP contribution in [0.25, 0.3) is 0 Å². The van der Waals surface area contributed by atoms with Crippen molar-refractivity contribution in [1.29, 1.82) is 0 Å². The van der Waals surface area contributed by atoms with Gasteiger partial charge in [0.05, 0.1) is 25.2 Å². The topological polar surface area (TPSA) is 96.4 Å². The summed E-state index contributed by atoms with van der Waals surface area (Å²) in [6, 6.07) is -1.47. The third-order valence-corrected chi connectivity index (χ3v) is 8.01. The Balaban J connectivity index is 1.89. The van der Waals surface area contributed by atoms with Crippen LogP contribution >= 0.6 is 0 Å². The number of cyclic esters (lactones) is 1. The monoisotopic (exact) mass is 474 g/mol. The van der Waals surface area contributed by atoms with E-state index in [-0.39, 0.29) is 25.0 Å². The molecule has 1 unspecified atom stereocenters. The number of carbonyl (C=O) groups excluding carboxylic acids is 3. The smallest absolute Gasteiger partial charge is 0.313 e. The molecule has 1 spiro atoms. The van der Waals surface area contributed by atoms with E-state index in [1.165, 1.54) is 4.90 Å². The summed E-state index contributed by atoms with van der Waals surface area (Å²) in [6.45, 7) is 6.93. The molecule has 4 aliphatic heterocycles. The molecule has 1 N–H and O–H groups in total. The van der Waals surface area contributed by atoms with Gasteiger partial charge in [-0.15, -0.1) is 0 Å². The number of amides is 2. The van der Waals surface area contributed by atoms with Gasteiger partial charge in [-0.05, 0) is 32.1 Å². The summed E-state index contributed by atoms with van der Waals surface area (Å²) < 4.78 is 12.5. The first-order valence-electron chi connectivity index (χ1n) is 12.8.